The average Bonchev–Trinajstić information content (AvgIpc) is 2.56. The van der Waals surface area contributed by atoms with Crippen molar-refractivity contribution in [2.24, 2.45) is 0 Å². The molecule has 0 saturated carbocycles. The number of hydrogen-bond donors (Lipinski definition) is 1. The fourth-order valence-electron chi connectivity index (χ4n) is 2.23. The summed E-state index contributed by atoms with van der Waals surface area (Å²) in [6, 6.07) is 0.731. The molecular weight excluding hydrogens is 300 g/mol. The van der Waals surface area contributed by atoms with Crippen LogP contribution in [0.15, 0.2) is 12.7 Å². The van der Waals surface area contributed by atoms with Gasteiger partial charge in [0.1, 0.15) is 6.61 Å². The molecule has 0 radical (unpaired) electrons. The zero-order valence-electron chi connectivity index (χ0n) is 14.1. The van der Waals surface area contributed by atoms with E-state index in [2.05, 4.69) is 6.58 Å². The second-order valence-electron chi connectivity index (χ2n) is 5.35. The Kier molecular flexibility index (Phi) is 13.7. The van der Waals surface area contributed by atoms with E-state index in [4.69, 9.17) is 18.4 Å². The highest BCUT2D eigenvalue weighted by molar-refractivity contribution is 6.60. The molecule has 6 heteroatoms. The van der Waals surface area contributed by atoms with Crippen molar-refractivity contribution in [3.05, 3.63) is 12.7 Å². The van der Waals surface area contributed by atoms with Crippen LogP contribution in [0.5, 0.6) is 0 Å². The summed E-state index contributed by atoms with van der Waals surface area (Å²) < 4.78 is 16.5. The van der Waals surface area contributed by atoms with Crippen molar-refractivity contribution >= 4 is 14.6 Å². The smallest absolute Gasteiger partial charge is 0.396 e. The lowest BCUT2D eigenvalue weighted by atomic mass is 10.1. The number of unbranched alkanes of at least 4 members (excludes halogenated alkanes) is 7. The van der Waals surface area contributed by atoms with Crippen LogP contribution in [0.2, 0.25) is 6.04 Å². The van der Waals surface area contributed by atoms with Crippen LogP contribution in [0.25, 0.3) is 0 Å². The van der Waals surface area contributed by atoms with Crippen molar-refractivity contribution in [3.63, 3.8) is 0 Å². The maximum absolute atomic E-state index is 11.3. The predicted molar refractivity (Wildman–Crippen MR) is 89.8 cm³/mol. The molecule has 0 rings (SSSR count). The fraction of sp³-hybridized carbons (Fsp3) is 0.812. The van der Waals surface area contributed by atoms with E-state index in [1.807, 2.05) is 0 Å². The van der Waals surface area contributed by atoms with Crippen molar-refractivity contribution < 1.29 is 23.2 Å². The number of aliphatic hydroxyl groups is 1. The summed E-state index contributed by atoms with van der Waals surface area (Å²) in [7, 11) is 0.452. The molecule has 0 aliphatic heterocycles. The number of rotatable bonds is 16. The molecule has 130 valence electrons. The highest BCUT2D eigenvalue weighted by Crippen LogP contribution is 2.19. The minimum atomic E-state index is -2.70. The number of aliphatic hydroxyl groups excluding tert-OH is 1. The third-order valence-corrected chi connectivity index (χ3v) is 6.47. The molecule has 0 aromatic carbocycles. The maximum Gasteiger partial charge on any atom is 0.500 e. The van der Waals surface area contributed by atoms with Gasteiger partial charge >= 0.3 is 8.80 Å². The first-order valence-corrected chi connectivity index (χ1v) is 10.1. The normalized spacial score (nSPS) is 11.6. The molecule has 0 saturated heterocycles. The molecule has 0 heterocycles. The van der Waals surface area contributed by atoms with Crippen LogP contribution in [-0.4, -0.2) is 47.1 Å². The Hall–Kier alpha value is -0.533. The van der Waals surface area contributed by atoms with E-state index in [9.17, 15) is 4.79 Å². The van der Waals surface area contributed by atoms with Crippen molar-refractivity contribution in [2.75, 3.05) is 27.4 Å². The van der Waals surface area contributed by atoms with Gasteiger partial charge in [0.15, 0.2) is 5.78 Å². The molecule has 0 spiro atoms. The zero-order valence-corrected chi connectivity index (χ0v) is 15.1. The lowest BCUT2D eigenvalue weighted by Gasteiger charge is -2.25. The van der Waals surface area contributed by atoms with Gasteiger partial charge in [-0.25, -0.2) is 0 Å². The summed E-state index contributed by atoms with van der Waals surface area (Å²) in [5.74, 6) is -0.158. The quantitative estimate of drug-likeness (QED) is 0.267. The SMILES string of the molecule is C=CC(=O)CO[Si](CCCCCCCCCCO)(OC)OC. The van der Waals surface area contributed by atoms with Gasteiger partial charge in [0.05, 0.1) is 0 Å². The van der Waals surface area contributed by atoms with Gasteiger partial charge < -0.3 is 18.4 Å². The number of carbonyl (C=O) groups is 1. The summed E-state index contributed by atoms with van der Waals surface area (Å²) in [5.41, 5.74) is 0. The van der Waals surface area contributed by atoms with E-state index in [1.54, 1.807) is 14.2 Å². The molecule has 0 aromatic rings. The van der Waals surface area contributed by atoms with E-state index in [1.165, 1.54) is 31.8 Å². The van der Waals surface area contributed by atoms with E-state index in [0.717, 1.165) is 31.7 Å². The summed E-state index contributed by atoms with van der Waals surface area (Å²) in [4.78, 5) is 11.3. The minimum absolute atomic E-state index is 0.0255. The van der Waals surface area contributed by atoms with Crippen LogP contribution in [-0.2, 0) is 18.1 Å². The van der Waals surface area contributed by atoms with Gasteiger partial charge in [0.25, 0.3) is 0 Å². The Morgan fingerprint density at radius 3 is 1.95 bits per heavy atom. The van der Waals surface area contributed by atoms with E-state index >= 15 is 0 Å². The van der Waals surface area contributed by atoms with Crippen molar-refractivity contribution in [1.82, 2.24) is 0 Å². The molecular formula is C16H32O5Si. The molecule has 0 aliphatic rings. The summed E-state index contributed by atoms with van der Waals surface area (Å²) >= 11 is 0. The number of ketones is 1. The van der Waals surface area contributed by atoms with E-state index in [-0.39, 0.29) is 12.4 Å². The van der Waals surface area contributed by atoms with Crippen molar-refractivity contribution in [1.29, 1.82) is 0 Å². The third kappa shape index (κ3) is 10.2. The van der Waals surface area contributed by atoms with Crippen LogP contribution >= 0.6 is 0 Å². The predicted octanol–water partition coefficient (Wildman–Crippen LogP) is 3.10. The topological polar surface area (TPSA) is 65.0 Å². The lowest BCUT2D eigenvalue weighted by Crippen LogP contribution is -2.44. The molecule has 5 nitrogen and oxygen atoms in total. The molecule has 22 heavy (non-hydrogen) atoms. The molecule has 0 amide bonds. The standard InChI is InChI=1S/C16H32O5Si/c1-4-16(18)15-21-22(19-2,20-3)14-12-10-8-6-5-7-9-11-13-17/h4,17H,1,5-15H2,2-3H3. The molecule has 0 unspecified atom stereocenters. The highest BCUT2D eigenvalue weighted by atomic mass is 28.4. The van der Waals surface area contributed by atoms with Crippen LogP contribution in [0, 0.1) is 0 Å². The monoisotopic (exact) mass is 332 g/mol. The van der Waals surface area contributed by atoms with Gasteiger partial charge in [-0.2, -0.15) is 0 Å². The maximum atomic E-state index is 11.3. The van der Waals surface area contributed by atoms with Crippen LogP contribution in [0.4, 0.5) is 0 Å². The molecule has 0 aromatic heterocycles. The summed E-state index contributed by atoms with van der Waals surface area (Å²) in [5, 5.41) is 8.70. The molecule has 0 bridgehead atoms. The van der Waals surface area contributed by atoms with Gasteiger partial charge in [0, 0.05) is 26.9 Å². The first-order valence-electron chi connectivity index (χ1n) is 8.14. The van der Waals surface area contributed by atoms with Crippen molar-refractivity contribution in [3.8, 4) is 0 Å². The molecule has 0 fully saturated rings. The molecule has 0 aliphatic carbocycles. The molecule has 1 N–H and O–H groups in total. The van der Waals surface area contributed by atoms with Crippen LogP contribution < -0.4 is 0 Å². The highest BCUT2D eigenvalue weighted by Gasteiger charge is 2.38. The Bertz CT molecular complexity index is 292. The second kappa shape index (κ2) is 14.1. The van der Waals surface area contributed by atoms with Crippen LogP contribution in [0.1, 0.15) is 51.4 Å². The average molecular weight is 333 g/mol. The Morgan fingerprint density at radius 1 is 1.00 bits per heavy atom. The zero-order chi connectivity index (χ0) is 16.7. The van der Waals surface area contributed by atoms with E-state index in [0.29, 0.717) is 6.61 Å². The van der Waals surface area contributed by atoms with Gasteiger partial charge in [-0.05, 0) is 18.9 Å². The molecule has 0 atom stereocenters. The van der Waals surface area contributed by atoms with Crippen molar-refractivity contribution in [2.45, 2.75) is 57.4 Å². The third-order valence-electron chi connectivity index (χ3n) is 3.68. The Morgan fingerprint density at radius 2 is 1.50 bits per heavy atom. The van der Waals surface area contributed by atoms with Gasteiger partial charge in [-0.3, -0.25) is 4.79 Å². The van der Waals surface area contributed by atoms with Gasteiger partial charge in [-0.1, -0.05) is 45.1 Å². The van der Waals surface area contributed by atoms with Gasteiger partial charge in [0.2, 0.25) is 0 Å². The summed E-state index contributed by atoms with van der Waals surface area (Å²) in [6.45, 7) is 3.70. The van der Waals surface area contributed by atoms with Gasteiger partial charge in [-0.15, -0.1) is 0 Å². The number of hydrogen-bond acceptors (Lipinski definition) is 5. The largest absolute Gasteiger partial charge is 0.500 e. The Labute approximate surface area is 136 Å². The van der Waals surface area contributed by atoms with E-state index < -0.39 is 8.80 Å². The fourth-order valence-corrected chi connectivity index (χ4v) is 4.23. The number of carbonyl (C=O) groups excluding carboxylic acids is 1. The lowest BCUT2D eigenvalue weighted by molar-refractivity contribution is -0.117. The van der Waals surface area contributed by atoms with Crippen LogP contribution in [0.3, 0.4) is 0 Å². The second-order valence-corrected chi connectivity index (χ2v) is 8.32. The Balaban J connectivity index is 3.81. The first-order chi connectivity index (χ1) is 10.6. The first kappa shape index (κ1) is 21.5. The minimum Gasteiger partial charge on any atom is -0.396 e. The summed E-state index contributed by atoms with van der Waals surface area (Å²) in [6.07, 6.45) is 10.2.